The molecule has 0 saturated heterocycles. The Morgan fingerprint density at radius 3 is 2.33 bits per heavy atom. The normalized spacial score (nSPS) is 13.2. The van der Waals surface area contributed by atoms with Crippen molar-refractivity contribution in [3.8, 4) is 0 Å². The maximum Gasteiger partial charge on any atom is 0.416 e. The van der Waals surface area contributed by atoms with E-state index in [4.69, 9.17) is 0 Å². The molecule has 1 N–H and O–H groups in total. The van der Waals surface area contributed by atoms with Crippen LogP contribution >= 0.6 is 0 Å². The molecule has 0 bridgehead atoms. The quantitative estimate of drug-likeness (QED) is 0.807. The fraction of sp³-hybridized carbons (Fsp3) is 0.250. The van der Waals surface area contributed by atoms with Gasteiger partial charge in [-0.15, -0.1) is 0 Å². The monoisotopic (exact) mass is 297 g/mol. The lowest BCUT2D eigenvalue weighted by Crippen LogP contribution is -2.18. The SMILES string of the molecule is CC(NCc1cc(F)cc(C(F)(F)F)c1)c1ccccc1. The van der Waals surface area contributed by atoms with Gasteiger partial charge in [-0.2, -0.15) is 13.2 Å². The highest BCUT2D eigenvalue weighted by Gasteiger charge is 2.31. The molecule has 0 fully saturated rings. The summed E-state index contributed by atoms with van der Waals surface area (Å²) in [7, 11) is 0. The predicted octanol–water partition coefficient (Wildman–Crippen LogP) is 4.70. The van der Waals surface area contributed by atoms with E-state index in [1.807, 2.05) is 37.3 Å². The molecule has 2 aromatic rings. The van der Waals surface area contributed by atoms with Crippen molar-refractivity contribution in [2.45, 2.75) is 25.7 Å². The highest BCUT2D eigenvalue weighted by Crippen LogP contribution is 2.30. The van der Waals surface area contributed by atoms with Crippen LogP contribution in [0.2, 0.25) is 0 Å². The molecular weight excluding hydrogens is 282 g/mol. The lowest BCUT2D eigenvalue weighted by molar-refractivity contribution is -0.137. The van der Waals surface area contributed by atoms with Crippen LogP contribution in [0.4, 0.5) is 17.6 Å². The van der Waals surface area contributed by atoms with Crippen molar-refractivity contribution in [2.75, 3.05) is 0 Å². The number of nitrogens with one attached hydrogen (secondary N) is 1. The van der Waals surface area contributed by atoms with Crippen molar-refractivity contribution in [3.05, 3.63) is 71.0 Å². The molecule has 1 unspecified atom stereocenters. The first-order chi connectivity index (χ1) is 9.86. The van der Waals surface area contributed by atoms with Gasteiger partial charge >= 0.3 is 6.18 Å². The fourth-order valence-electron chi connectivity index (χ4n) is 2.05. The lowest BCUT2D eigenvalue weighted by atomic mass is 10.1. The fourth-order valence-corrected chi connectivity index (χ4v) is 2.05. The third-order valence-corrected chi connectivity index (χ3v) is 3.20. The predicted molar refractivity (Wildman–Crippen MR) is 73.1 cm³/mol. The van der Waals surface area contributed by atoms with Gasteiger partial charge < -0.3 is 5.32 Å². The smallest absolute Gasteiger partial charge is 0.306 e. The minimum absolute atomic E-state index is 0.0381. The van der Waals surface area contributed by atoms with Gasteiger partial charge in [0.15, 0.2) is 0 Å². The summed E-state index contributed by atoms with van der Waals surface area (Å²) in [6.07, 6.45) is -4.54. The van der Waals surface area contributed by atoms with E-state index < -0.39 is 17.6 Å². The molecular formula is C16H15F4N. The van der Waals surface area contributed by atoms with Crippen LogP contribution in [0.1, 0.15) is 29.7 Å². The molecule has 0 aliphatic rings. The van der Waals surface area contributed by atoms with Gasteiger partial charge in [-0.05, 0) is 36.2 Å². The molecule has 1 nitrogen and oxygen atoms in total. The van der Waals surface area contributed by atoms with Crippen molar-refractivity contribution in [1.82, 2.24) is 5.32 Å². The van der Waals surface area contributed by atoms with Crippen LogP contribution in [0.3, 0.4) is 0 Å². The summed E-state index contributed by atoms with van der Waals surface area (Å²) in [4.78, 5) is 0. The lowest BCUT2D eigenvalue weighted by Gasteiger charge is -2.15. The zero-order chi connectivity index (χ0) is 15.5. The van der Waals surface area contributed by atoms with Crippen molar-refractivity contribution < 1.29 is 17.6 Å². The van der Waals surface area contributed by atoms with Crippen LogP contribution in [-0.2, 0) is 12.7 Å². The maximum atomic E-state index is 13.3. The van der Waals surface area contributed by atoms with Crippen LogP contribution in [-0.4, -0.2) is 0 Å². The average Bonchev–Trinajstić information content (AvgIpc) is 2.44. The summed E-state index contributed by atoms with van der Waals surface area (Å²) < 4.78 is 51.2. The van der Waals surface area contributed by atoms with Gasteiger partial charge in [-0.3, -0.25) is 0 Å². The molecule has 2 aromatic carbocycles. The van der Waals surface area contributed by atoms with E-state index in [9.17, 15) is 17.6 Å². The van der Waals surface area contributed by atoms with E-state index in [-0.39, 0.29) is 18.2 Å². The van der Waals surface area contributed by atoms with Gasteiger partial charge in [0, 0.05) is 12.6 Å². The summed E-state index contributed by atoms with van der Waals surface area (Å²) in [6.45, 7) is 2.07. The number of alkyl halides is 3. The van der Waals surface area contributed by atoms with Gasteiger partial charge in [0.1, 0.15) is 5.82 Å². The molecule has 5 heteroatoms. The first kappa shape index (κ1) is 15.5. The van der Waals surface area contributed by atoms with Crippen LogP contribution in [0.5, 0.6) is 0 Å². The molecule has 0 aliphatic heterocycles. The Morgan fingerprint density at radius 1 is 1.05 bits per heavy atom. The molecule has 21 heavy (non-hydrogen) atoms. The number of hydrogen-bond acceptors (Lipinski definition) is 1. The molecule has 2 rings (SSSR count). The van der Waals surface area contributed by atoms with Gasteiger partial charge in [-0.1, -0.05) is 30.3 Å². The molecule has 0 amide bonds. The largest absolute Gasteiger partial charge is 0.416 e. The van der Waals surface area contributed by atoms with Crippen LogP contribution in [0.15, 0.2) is 48.5 Å². The topological polar surface area (TPSA) is 12.0 Å². The second kappa shape index (κ2) is 6.26. The molecule has 0 aliphatic carbocycles. The Hall–Kier alpha value is -1.88. The zero-order valence-corrected chi connectivity index (χ0v) is 11.4. The molecule has 0 radical (unpaired) electrons. The van der Waals surface area contributed by atoms with Crippen molar-refractivity contribution in [3.63, 3.8) is 0 Å². The minimum atomic E-state index is -4.54. The van der Waals surface area contributed by atoms with Crippen LogP contribution in [0.25, 0.3) is 0 Å². The summed E-state index contributed by atoms with van der Waals surface area (Å²) in [5.74, 6) is -0.881. The molecule has 112 valence electrons. The summed E-state index contributed by atoms with van der Waals surface area (Å²) >= 11 is 0. The molecule has 0 heterocycles. The van der Waals surface area contributed by atoms with E-state index in [2.05, 4.69) is 5.32 Å². The van der Waals surface area contributed by atoms with Gasteiger partial charge in [0.2, 0.25) is 0 Å². The Kier molecular flexibility index (Phi) is 4.63. The molecule has 0 saturated carbocycles. The van der Waals surface area contributed by atoms with E-state index in [1.54, 1.807) is 0 Å². The van der Waals surface area contributed by atoms with Crippen molar-refractivity contribution >= 4 is 0 Å². The van der Waals surface area contributed by atoms with Gasteiger partial charge in [-0.25, -0.2) is 4.39 Å². The molecule has 0 spiro atoms. The molecule has 1 atom stereocenters. The highest BCUT2D eigenvalue weighted by molar-refractivity contribution is 5.27. The first-order valence-electron chi connectivity index (χ1n) is 6.51. The highest BCUT2D eigenvalue weighted by atomic mass is 19.4. The van der Waals surface area contributed by atoms with E-state index >= 15 is 0 Å². The third-order valence-electron chi connectivity index (χ3n) is 3.20. The zero-order valence-electron chi connectivity index (χ0n) is 11.4. The maximum absolute atomic E-state index is 13.3. The number of benzene rings is 2. The first-order valence-corrected chi connectivity index (χ1v) is 6.51. The van der Waals surface area contributed by atoms with E-state index in [1.165, 1.54) is 0 Å². The number of hydrogen-bond donors (Lipinski definition) is 1. The summed E-state index contributed by atoms with van der Waals surface area (Å²) in [5, 5.41) is 3.09. The number of halogens is 4. The average molecular weight is 297 g/mol. The van der Waals surface area contributed by atoms with Crippen molar-refractivity contribution in [2.24, 2.45) is 0 Å². The molecule has 0 aromatic heterocycles. The second-order valence-corrected chi connectivity index (χ2v) is 4.86. The Morgan fingerprint density at radius 2 is 1.71 bits per heavy atom. The van der Waals surface area contributed by atoms with Gasteiger partial charge in [0.25, 0.3) is 0 Å². The van der Waals surface area contributed by atoms with Crippen LogP contribution in [0, 0.1) is 5.82 Å². The van der Waals surface area contributed by atoms with Gasteiger partial charge in [0.05, 0.1) is 5.56 Å². The van der Waals surface area contributed by atoms with Crippen LogP contribution < -0.4 is 5.32 Å². The minimum Gasteiger partial charge on any atom is -0.306 e. The Balaban J connectivity index is 2.08. The summed E-state index contributed by atoms with van der Waals surface area (Å²) in [5.41, 5.74) is 0.321. The van der Waals surface area contributed by atoms with E-state index in [0.29, 0.717) is 6.07 Å². The van der Waals surface area contributed by atoms with E-state index in [0.717, 1.165) is 17.7 Å². The Labute approximate surface area is 120 Å². The third kappa shape index (κ3) is 4.29. The van der Waals surface area contributed by atoms with Crippen molar-refractivity contribution in [1.29, 1.82) is 0 Å². The second-order valence-electron chi connectivity index (χ2n) is 4.86. The number of rotatable bonds is 4. The summed E-state index contributed by atoms with van der Waals surface area (Å²) in [6, 6.07) is 12.0. The Bertz CT molecular complexity index is 593. The standard InChI is InChI=1S/C16H15F4N/c1-11(13-5-3-2-4-6-13)21-10-12-7-14(16(18,19)20)9-15(17)8-12/h2-9,11,21H,10H2,1H3.